The molecule has 1 heterocycles. The van der Waals surface area contributed by atoms with E-state index in [4.69, 9.17) is 9.47 Å². The van der Waals surface area contributed by atoms with Crippen molar-refractivity contribution in [2.45, 2.75) is 40.5 Å². The zero-order valence-electron chi connectivity index (χ0n) is 14.8. The number of amides is 1. The first kappa shape index (κ1) is 18.3. The van der Waals surface area contributed by atoms with Gasteiger partial charge in [-0.2, -0.15) is 0 Å². The molecule has 0 spiro atoms. The van der Waals surface area contributed by atoms with Crippen molar-refractivity contribution in [3.8, 4) is 11.5 Å². The lowest BCUT2D eigenvalue weighted by atomic mass is 10.1. The van der Waals surface area contributed by atoms with E-state index < -0.39 is 0 Å². The van der Waals surface area contributed by atoms with Gasteiger partial charge in [-0.05, 0) is 51.0 Å². The molecule has 0 saturated heterocycles. The summed E-state index contributed by atoms with van der Waals surface area (Å²) in [4.78, 5) is 14.5. The van der Waals surface area contributed by atoms with E-state index >= 15 is 0 Å². The monoisotopic (exact) mass is 347 g/mol. The van der Waals surface area contributed by atoms with Crippen LogP contribution in [0.3, 0.4) is 0 Å². The maximum Gasteiger partial charge on any atom is 0.265 e. The fourth-order valence-electron chi connectivity index (χ4n) is 2.48. The molecule has 1 aromatic carbocycles. The standard InChI is InChI=1S/C19H25NO3S/c1-5-8-14-11-18(24-13(14)4)19(21)20-16-12-15(22-6-2)9-10-17(16)23-7-3/h9-12H,5-8H2,1-4H3,(H,20,21). The van der Waals surface area contributed by atoms with Crippen LogP contribution < -0.4 is 14.8 Å². The topological polar surface area (TPSA) is 47.6 Å². The molecule has 0 saturated carbocycles. The zero-order chi connectivity index (χ0) is 17.5. The van der Waals surface area contributed by atoms with Crippen LogP contribution in [0.5, 0.6) is 11.5 Å². The molecule has 2 aromatic rings. The Labute approximate surface area is 147 Å². The molecule has 24 heavy (non-hydrogen) atoms. The normalized spacial score (nSPS) is 10.5. The molecule has 0 radical (unpaired) electrons. The summed E-state index contributed by atoms with van der Waals surface area (Å²) in [5.41, 5.74) is 1.89. The molecule has 0 unspecified atom stereocenters. The number of rotatable bonds is 8. The van der Waals surface area contributed by atoms with Crippen LogP contribution in [-0.4, -0.2) is 19.1 Å². The fourth-order valence-corrected chi connectivity index (χ4v) is 3.44. The van der Waals surface area contributed by atoms with Crippen molar-refractivity contribution in [2.75, 3.05) is 18.5 Å². The first-order valence-corrected chi connectivity index (χ1v) is 9.20. The summed E-state index contributed by atoms with van der Waals surface area (Å²) in [6.45, 7) is 9.17. The third-order valence-electron chi connectivity index (χ3n) is 3.57. The van der Waals surface area contributed by atoms with Crippen molar-refractivity contribution in [1.82, 2.24) is 0 Å². The highest BCUT2D eigenvalue weighted by Crippen LogP contribution is 2.31. The van der Waals surface area contributed by atoms with E-state index in [2.05, 4.69) is 19.2 Å². The summed E-state index contributed by atoms with van der Waals surface area (Å²) in [5, 5.41) is 2.96. The van der Waals surface area contributed by atoms with Gasteiger partial charge in [-0.25, -0.2) is 0 Å². The maximum atomic E-state index is 12.6. The van der Waals surface area contributed by atoms with Gasteiger partial charge >= 0.3 is 0 Å². The SMILES string of the molecule is CCCc1cc(C(=O)Nc2cc(OCC)ccc2OCC)sc1C. The van der Waals surface area contributed by atoms with E-state index in [0.717, 1.165) is 17.7 Å². The summed E-state index contributed by atoms with van der Waals surface area (Å²) >= 11 is 1.53. The Kier molecular flexibility index (Phi) is 6.67. The van der Waals surface area contributed by atoms with Crippen molar-refractivity contribution in [3.05, 3.63) is 39.6 Å². The van der Waals surface area contributed by atoms with Gasteiger partial charge in [0.15, 0.2) is 0 Å². The summed E-state index contributed by atoms with van der Waals surface area (Å²) in [7, 11) is 0. The van der Waals surface area contributed by atoms with Crippen LogP contribution in [0, 0.1) is 6.92 Å². The molecule has 0 fully saturated rings. The molecular weight excluding hydrogens is 322 g/mol. The fraction of sp³-hybridized carbons (Fsp3) is 0.421. The van der Waals surface area contributed by atoms with Crippen molar-refractivity contribution in [1.29, 1.82) is 0 Å². The number of hydrogen-bond acceptors (Lipinski definition) is 4. The van der Waals surface area contributed by atoms with E-state index in [0.29, 0.717) is 30.4 Å². The Morgan fingerprint density at radius 3 is 2.54 bits per heavy atom. The molecule has 1 amide bonds. The summed E-state index contributed by atoms with van der Waals surface area (Å²) in [5.74, 6) is 1.25. The molecule has 0 atom stereocenters. The van der Waals surface area contributed by atoms with Crippen LogP contribution in [0.4, 0.5) is 5.69 Å². The highest BCUT2D eigenvalue weighted by atomic mass is 32.1. The first-order chi connectivity index (χ1) is 11.6. The minimum atomic E-state index is -0.111. The van der Waals surface area contributed by atoms with Crippen molar-refractivity contribution >= 4 is 22.9 Å². The molecular formula is C19H25NO3S. The van der Waals surface area contributed by atoms with Gasteiger partial charge in [-0.1, -0.05) is 13.3 Å². The van der Waals surface area contributed by atoms with Crippen molar-refractivity contribution < 1.29 is 14.3 Å². The number of carbonyl (C=O) groups is 1. The van der Waals surface area contributed by atoms with E-state index in [1.54, 1.807) is 6.07 Å². The van der Waals surface area contributed by atoms with Gasteiger partial charge in [-0.3, -0.25) is 4.79 Å². The minimum absolute atomic E-state index is 0.111. The maximum absolute atomic E-state index is 12.6. The number of nitrogens with one attached hydrogen (secondary N) is 1. The van der Waals surface area contributed by atoms with E-state index in [1.807, 2.05) is 32.0 Å². The van der Waals surface area contributed by atoms with E-state index in [1.165, 1.54) is 21.8 Å². The Morgan fingerprint density at radius 1 is 1.12 bits per heavy atom. The Hall–Kier alpha value is -2.01. The van der Waals surface area contributed by atoms with Crippen LogP contribution in [0.15, 0.2) is 24.3 Å². The Bertz CT molecular complexity index is 694. The third-order valence-corrected chi connectivity index (χ3v) is 4.67. The average Bonchev–Trinajstić information content (AvgIpc) is 2.92. The highest BCUT2D eigenvalue weighted by Gasteiger charge is 2.15. The van der Waals surface area contributed by atoms with Gasteiger partial charge in [0.2, 0.25) is 0 Å². The van der Waals surface area contributed by atoms with Crippen LogP contribution in [0.2, 0.25) is 0 Å². The third kappa shape index (κ3) is 4.51. The number of aryl methyl sites for hydroxylation is 2. The molecule has 0 bridgehead atoms. The second-order valence-electron chi connectivity index (χ2n) is 5.42. The summed E-state index contributed by atoms with van der Waals surface area (Å²) in [6.07, 6.45) is 2.07. The van der Waals surface area contributed by atoms with Crippen molar-refractivity contribution in [2.24, 2.45) is 0 Å². The molecule has 0 aliphatic heterocycles. The quantitative estimate of drug-likeness (QED) is 0.726. The van der Waals surface area contributed by atoms with Gasteiger partial charge in [0.25, 0.3) is 5.91 Å². The lowest BCUT2D eigenvalue weighted by Gasteiger charge is -2.13. The van der Waals surface area contributed by atoms with Crippen LogP contribution in [0.25, 0.3) is 0 Å². The van der Waals surface area contributed by atoms with Crippen LogP contribution >= 0.6 is 11.3 Å². The van der Waals surface area contributed by atoms with E-state index in [9.17, 15) is 4.79 Å². The van der Waals surface area contributed by atoms with E-state index in [-0.39, 0.29) is 5.91 Å². The lowest BCUT2D eigenvalue weighted by molar-refractivity contribution is 0.103. The zero-order valence-corrected chi connectivity index (χ0v) is 15.6. The van der Waals surface area contributed by atoms with Crippen LogP contribution in [0.1, 0.15) is 47.3 Å². The average molecular weight is 347 g/mol. The molecule has 0 aliphatic rings. The second-order valence-corrected chi connectivity index (χ2v) is 6.68. The van der Waals surface area contributed by atoms with Gasteiger partial charge in [0.1, 0.15) is 11.5 Å². The predicted molar refractivity (Wildman–Crippen MR) is 99.8 cm³/mol. The number of hydrogen-bond donors (Lipinski definition) is 1. The molecule has 0 aliphatic carbocycles. The second kappa shape index (κ2) is 8.73. The number of benzene rings is 1. The van der Waals surface area contributed by atoms with Crippen LogP contribution in [-0.2, 0) is 6.42 Å². The number of thiophene rings is 1. The summed E-state index contributed by atoms with van der Waals surface area (Å²) in [6, 6.07) is 7.47. The predicted octanol–water partition coefficient (Wildman–Crippen LogP) is 5.06. The van der Waals surface area contributed by atoms with Gasteiger partial charge < -0.3 is 14.8 Å². The molecule has 130 valence electrons. The number of carbonyl (C=O) groups excluding carboxylic acids is 1. The molecule has 1 aromatic heterocycles. The lowest BCUT2D eigenvalue weighted by Crippen LogP contribution is -2.12. The molecule has 5 heteroatoms. The summed E-state index contributed by atoms with van der Waals surface area (Å²) < 4.78 is 11.1. The smallest absolute Gasteiger partial charge is 0.265 e. The number of ether oxygens (including phenoxy) is 2. The molecule has 4 nitrogen and oxygen atoms in total. The number of anilines is 1. The van der Waals surface area contributed by atoms with Crippen molar-refractivity contribution in [3.63, 3.8) is 0 Å². The van der Waals surface area contributed by atoms with Gasteiger partial charge in [0, 0.05) is 10.9 Å². The highest BCUT2D eigenvalue weighted by molar-refractivity contribution is 7.14. The van der Waals surface area contributed by atoms with Gasteiger partial charge in [-0.15, -0.1) is 11.3 Å². The first-order valence-electron chi connectivity index (χ1n) is 8.39. The minimum Gasteiger partial charge on any atom is -0.494 e. The Morgan fingerprint density at radius 2 is 1.88 bits per heavy atom. The molecule has 1 N–H and O–H groups in total. The Balaban J connectivity index is 2.23. The molecule has 2 rings (SSSR count). The largest absolute Gasteiger partial charge is 0.494 e. The van der Waals surface area contributed by atoms with Gasteiger partial charge in [0.05, 0.1) is 23.8 Å².